The first kappa shape index (κ1) is 17.1. The summed E-state index contributed by atoms with van der Waals surface area (Å²) in [6.07, 6.45) is 0.651. The van der Waals surface area contributed by atoms with Gasteiger partial charge >= 0.3 is 5.97 Å². The lowest BCUT2D eigenvalue weighted by Gasteiger charge is -2.22. The number of nitrogens with one attached hydrogen (secondary N) is 1. The number of hydrogen-bond donors (Lipinski definition) is 1. The predicted octanol–water partition coefficient (Wildman–Crippen LogP) is 2.32. The third-order valence-electron chi connectivity index (χ3n) is 3.08. The van der Waals surface area contributed by atoms with Crippen molar-refractivity contribution in [2.75, 3.05) is 7.11 Å². The molecule has 0 aromatic heterocycles. The van der Waals surface area contributed by atoms with E-state index in [1.807, 2.05) is 6.92 Å². The lowest BCUT2D eigenvalue weighted by atomic mass is 10.0. The summed E-state index contributed by atoms with van der Waals surface area (Å²) >= 11 is 3.19. The minimum Gasteiger partial charge on any atom is -0.468 e. The van der Waals surface area contributed by atoms with Crippen LogP contribution in [0.15, 0.2) is 33.6 Å². The van der Waals surface area contributed by atoms with Crippen LogP contribution in [0, 0.1) is 5.92 Å². The summed E-state index contributed by atoms with van der Waals surface area (Å²) in [7, 11) is -2.56. The molecule has 2 atom stereocenters. The van der Waals surface area contributed by atoms with Gasteiger partial charge in [-0.1, -0.05) is 32.4 Å². The van der Waals surface area contributed by atoms with Crippen molar-refractivity contribution < 1.29 is 17.9 Å². The topological polar surface area (TPSA) is 72.5 Å². The van der Waals surface area contributed by atoms with Gasteiger partial charge in [0.25, 0.3) is 0 Å². The van der Waals surface area contributed by atoms with Gasteiger partial charge < -0.3 is 4.74 Å². The van der Waals surface area contributed by atoms with Crippen LogP contribution in [-0.2, 0) is 19.6 Å². The summed E-state index contributed by atoms with van der Waals surface area (Å²) in [5.41, 5.74) is 0. The van der Waals surface area contributed by atoms with Crippen molar-refractivity contribution in [3.8, 4) is 0 Å². The van der Waals surface area contributed by atoms with Crippen LogP contribution < -0.4 is 4.72 Å². The molecule has 0 heterocycles. The van der Waals surface area contributed by atoms with Crippen LogP contribution in [0.25, 0.3) is 0 Å². The molecule has 0 radical (unpaired) electrons. The Labute approximate surface area is 127 Å². The van der Waals surface area contributed by atoms with Crippen LogP contribution in [0.1, 0.15) is 20.3 Å². The average Bonchev–Trinajstić information content (AvgIpc) is 2.43. The molecule has 20 heavy (non-hydrogen) atoms. The highest BCUT2D eigenvalue weighted by atomic mass is 79.9. The molecule has 0 fully saturated rings. The van der Waals surface area contributed by atoms with Crippen molar-refractivity contribution >= 4 is 31.9 Å². The van der Waals surface area contributed by atoms with Crippen molar-refractivity contribution in [1.82, 2.24) is 4.72 Å². The van der Waals surface area contributed by atoms with Gasteiger partial charge in [-0.2, -0.15) is 4.72 Å². The number of methoxy groups -OCH3 is 1. The molecule has 7 heteroatoms. The van der Waals surface area contributed by atoms with Crippen molar-refractivity contribution in [2.24, 2.45) is 5.92 Å². The van der Waals surface area contributed by atoms with Gasteiger partial charge in [0, 0.05) is 4.47 Å². The molecule has 1 N–H and O–H groups in total. The first-order chi connectivity index (χ1) is 9.33. The van der Waals surface area contributed by atoms with Crippen LogP contribution in [0.2, 0.25) is 0 Å². The zero-order valence-electron chi connectivity index (χ0n) is 11.6. The van der Waals surface area contributed by atoms with Gasteiger partial charge in [0.05, 0.1) is 12.0 Å². The molecule has 0 aliphatic rings. The number of benzene rings is 1. The van der Waals surface area contributed by atoms with Gasteiger partial charge in [0.15, 0.2) is 0 Å². The fraction of sp³-hybridized carbons (Fsp3) is 0.462. The van der Waals surface area contributed by atoms with Crippen LogP contribution in [0.5, 0.6) is 0 Å². The van der Waals surface area contributed by atoms with E-state index in [-0.39, 0.29) is 10.8 Å². The second-order valence-corrected chi connectivity index (χ2v) is 6.97. The Morgan fingerprint density at radius 3 is 2.50 bits per heavy atom. The average molecular weight is 364 g/mol. The highest BCUT2D eigenvalue weighted by molar-refractivity contribution is 9.10. The standard InChI is InChI=1S/C13H18BrNO4S/c1-4-9(2)12(13(16)19-3)15-20(17,18)11-8-6-5-7-10(11)14/h5-9,12,15H,4H2,1-3H3/t9-,12+/m0/s1. The van der Waals surface area contributed by atoms with Crippen LogP contribution in [0.3, 0.4) is 0 Å². The molecule has 112 valence electrons. The number of sulfonamides is 1. The molecule has 1 aromatic rings. The summed E-state index contributed by atoms with van der Waals surface area (Å²) in [4.78, 5) is 11.8. The highest BCUT2D eigenvalue weighted by Crippen LogP contribution is 2.22. The maximum Gasteiger partial charge on any atom is 0.324 e. The normalized spacial score (nSPS) is 14.6. The number of carbonyl (C=O) groups is 1. The van der Waals surface area contributed by atoms with Crippen LogP contribution >= 0.6 is 15.9 Å². The molecule has 0 aliphatic carbocycles. The third-order valence-corrected chi connectivity index (χ3v) is 5.53. The largest absolute Gasteiger partial charge is 0.468 e. The zero-order chi connectivity index (χ0) is 15.3. The summed E-state index contributed by atoms with van der Waals surface area (Å²) in [5, 5.41) is 0. The molecule has 1 rings (SSSR count). The Kier molecular flexibility index (Phi) is 6.16. The van der Waals surface area contributed by atoms with E-state index < -0.39 is 22.0 Å². The fourth-order valence-electron chi connectivity index (χ4n) is 1.65. The Morgan fingerprint density at radius 1 is 1.40 bits per heavy atom. The molecule has 0 saturated carbocycles. The Morgan fingerprint density at radius 2 is 2.00 bits per heavy atom. The summed E-state index contributed by atoms with van der Waals surface area (Å²) in [5.74, 6) is -0.755. The predicted molar refractivity (Wildman–Crippen MR) is 79.7 cm³/mol. The number of hydrogen-bond acceptors (Lipinski definition) is 4. The van der Waals surface area contributed by atoms with Gasteiger partial charge in [-0.15, -0.1) is 0 Å². The van der Waals surface area contributed by atoms with Crippen molar-refractivity contribution in [3.63, 3.8) is 0 Å². The lowest BCUT2D eigenvalue weighted by Crippen LogP contribution is -2.45. The quantitative estimate of drug-likeness (QED) is 0.787. The van der Waals surface area contributed by atoms with E-state index in [0.717, 1.165) is 0 Å². The van der Waals surface area contributed by atoms with Gasteiger partial charge in [-0.25, -0.2) is 8.42 Å². The van der Waals surface area contributed by atoms with Gasteiger partial charge in [-0.3, -0.25) is 4.79 Å². The van der Waals surface area contributed by atoms with Gasteiger partial charge in [0.2, 0.25) is 10.0 Å². The summed E-state index contributed by atoms with van der Waals surface area (Å²) < 4.78 is 32.2. The fourth-order valence-corrected chi connectivity index (χ4v) is 3.95. The second-order valence-electron chi connectivity index (χ2n) is 4.44. The molecule has 0 unspecified atom stereocenters. The zero-order valence-corrected chi connectivity index (χ0v) is 14.0. The van der Waals surface area contributed by atoms with Gasteiger partial charge in [-0.05, 0) is 34.0 Å². The maximum absolute atomic E-state index is 12.4. The highest BCUT2D eigenvalue weighted by Gasteiger charge is 2.31. The summed E-state index contributed by atoms with van der Waals surface area (Å²) in [6.45, 7) is 3.68. The molecule has 0 aliphatic heterocycles. The molecule has 0 amide bonds. The second kappa shape index (κ2) is 7.19. The van der Waals surface area contributed by atoms with Crippen LogP contribution in [0.4, 0.5) is 0 Å². The van der Waals surface area contributed by atoms with E-state index in [4.69, 9.17) is 0 Å². The molecule has 5 nitrogen and oxygen atoms in total. The Bertz CT molecular complexity index is 573. The van der Waals surface area contributed by atoms with Crippen molar-refractivity contribution in [3.05, 3.63) is 28.7 Å². The molecule has 0 spiro atoms. The van der Waals surface area contributed by atoms with E-state index in [1.165, 1.54) is 13.2 Å². The van der Waals surface area contributed by atoms with E-state index in [9.17, 15) is 13.2 Å². The monoisotopic (exact) mass is 363 g/mol. The van der Waals surface area contributed by atoms with E-state index in [2.05, 4.69) is 25.4 Å². The van der Waals surface area contributed by atoms with E-state index >= 15 is 0 Å². The summed E-state index contributed by atoms with van der Waals surface area (Å²) in [6, 6.07) is 5.54. The SMILES string of the molecule is CC[C@H](C)[C@@H](NS(=O)(=O)c1ccccc1Br)C(=O)OC. The number of carbonyl (C=O) groups excluding carboxylic acids is 1. The van der Waals surface area contributed by atoms with Crippen molar-refractivity contribution in [1.29, 1.82) is 0 Å². The first-order valence-corrected chi connectivity index (χ1v) is 8.45. The molecule has 0 bridgehead atoms. The van der Waals surface area contributed by atoms with E-state index in [1.54, 1.807) is 25.1 Å². The number of halogens is 1. The van der Waals surface area contributed by atoms with Gasteiger partial charge in [0.1, 0.15) is 6.04 Å². The molecular weight excluding hydrogens is 346 g/mol. The third kappa shape index (κ3) is 4.04. The Balaban J connectivity index is 3.10. The number of rotatable bonds is 6. The number of ether oxygens (including phenoxy) is 1. The molecule has 0 saturated heterocycles. The van der Waals surface area contributed by atoms with Crippen molar-refractivity contribution in [2.45, 2.75) is 31.2 Å². The first-order valence-electron chi connectivity index (χ1n) is 6.18. The van der Waals surface area contributed by atoms with Crippen LogP contribution in [-0.4, -0.2) is 27.5 Å². The minimum atomic E-state index is -3.80. The minimum absolute atomic E-state index is 0.0946. The molecular formula is C13H18BrNO4S. The lowest BCUT2D eigenvalue weighted by molar-refractivity contribution is -0.143. The smallest absolute Gasteiger partial charge is 0.324 e. The van der Waals surface area contributed by atoms with E-state index in [0.29, 0.717) is 10.9 Å². The molecule has 1 aromatic carbocycles. The number of esters is 1. The Hall–Kier alpha value is -0.920. The maximum atomic E-state index is 12.4.